The summed E-state index contributed by atoms with van der Waals surface area (Å²) in [6, 6.07) is 15.8. The predicted molar refractivity (Wildman–Crippen MR) is 136 cm³/mol. The molecule has 5 rings (SSSR count). The molecule has 34 heavy (non-hydrogen) atoms. The summed E-state index contributed by atoms with van der Waals surface area (Å²) in [6.45, 7) is 5.81. The molecule has 0 saturated heterocycles. The molecule has 4 nitrogen and oxygen atoms in total. The van der Waals surface area contributed by atoms with E-state index in [0.29, 0.717) is 17.6 Å². The first kappa shape index (κ1) is 22.9. The van der Waals surface area contributed by atoms with Gasteiger partial charge in [-0.15, -0.1) is 11.3 Å². The van der Waals surface area contributed by atoms with Crippen molar-refractivity contribution in [2.75, 3.05) is 0 Å². The summed E-state index contributed by atoms with van der Waals surface area (Å²) in [4.78, 5) is 27.1. The van der Waals surface area contributed by atoms with Gasteiger partial charge in [0.05, 0.1) is 5.56 Å². The highest BCUT2D eigenvalue weighted by Crippen LogP contribution is 2.58. The molecule has 2 aromatic carbocycles. The zero-order valence-electron chi connectivity index (χ0n) is 20.0. The molecule has 0 aliphatic heterocycles. The van der Waals surface area contributed by atoms with E-state index in [1.807, 2.05) is 37.3 Å². The number of aryl methyl sites for hydroxylation is 2. The largest absolute Gasteiger partial charge is 0.507 e. The number of aromatic hydroxyl groups is 1. The summed E-state index contributed by atoms with van der Waals surface area (Å²) in [5.41, 5.74) is 5.15. The Kier molecular flexibility index (Phi) is 5.85. The lowest BCUT2D eigenvalue weighted by molar-refractivity contribution is -0.134. The van der Waals surface area contributed by atoms with Gasteiger partial charge in [0.2, 0.25) is 0 Å². The molecule has 2 saturated carbocycles. The smallest absolute Gasteiger partial charge is 0.252 e. The van der Waals surface area contributed by atoms with E-state index in [2.05, 4.69) is 24.4 Å². The van der Waals surface area contributed by atoms with Gasteiger partial charge in [-0.05, 0) is 81.0 Å². The van der Waals surface area contributed by atoms with Crippen molar-refractivity contribution in [2.45, 2.75) is 58.9 Å². The fourth-order valence-electron chi connectivity index (χ4n) is 5.92. The zero-order valence-corrected chi connectivity index (χ0v) is 20.8. The highest BCUT2D eigenvalue weighted by molar-refractivity contribution is 7.12. The minimum absolute atomic E-state index is 0.0324. The number of hydrogen-bond acceptors (Lipinski definition) is 4. The number of ketones is 1. The lowest BCUT2D eigenvalue weighted by Gasteiger charge is -2.57. The van der Waals surface area contributed by atoms with Crippen LogP contribution in [0.1, 0.15) is 63.8 Å². The predicted octanol–water partition coefficient (Wildman–Crippen LogP) is 6.21. The summed E-state index contributed by atoms with van der Waals surface area (Å²) in [7, 11) is 0. The van der Waals surface area contributed by atoms with E-state index in [1.165, 1.54) is 4.88 Å². The van der Waals surface area contributed by atoms with Crippen LogP contribution in [0.3, 0.4) is 0 Å². The molecule has 1 amide bonds. The molecule has 0 unspecified atom stereocenters. The number of para-hydroxylation sites is 1. The summed E-state index contributed by atoms with van der Waals surface area (Å²) < 4.78 is 0. The van der Waals surface area contributed by atoms with Gasteiger partial charge in [0.25, 0.3) is 5.91 Å². The summed E-state index contributed by atoms with van der Waals surface area (Å²) in [5.74, 6) is 0.850. The standard InChI is InChI=1S/C29H31NO3S/c1-17(31)22-13-29(14-22)15-23(16-29)30-28(33)27-19(3)34-18(2)25(27)12-20-8-10-21(11-9-20)24-6-4-5-7-26(24)32/h4-11,22-23,32H,12-16H2,1-3H3,(H,30,33). The SMILES string of the molecule is CC(=O)C1CC2(CC(NC(=O)c3c(C)sc(C)c3Cc3ccc(-c4ccccc4O)cc3)C2)C1. The minimum atomic E-state index is 0.0324. The molecule has 2 fully saturated rings. The van der Waals surface area contributed by atoms with Crippen LogP contribution in [0.5, 0.6) is 5.75 Å². The van der Waals surface area contributed by atoms with Crippen molar-refractivity contribution in [3.05, 3.63) is 75.0 Å². The summed E-state index contributed by atoms with van der Waals surface area (Å²) >= 11 is 1.69. The zero-order chi connectivity index (χ0) is 24.0. The summed E-state index contributed by atoms with van der Waals surface area (Å²) in [6.07, 6.45) is 4.68. The van der Waals surface area contributed by atoms with Crippen molar-refractivity contribution in [2.24, 2.45) is 11.3 Å². The fraction of sp³-hybridized carbons (Fsp3) is 0.379. The molecule has 1 heterocycles. The summed E-state index contributed by atoms with van der Waals surface area (Å²) in [5, 5.41) is 13.4. The van der Waals surface area contributed by atoms with Crippen LogP contribution in [0.25, 0.3) is 11.1 Å². The van der Waals surface area contributed by atoms with Gasteiger partial charge in [0.1, 0.15) is 11.5 Å². The number of Topliss-reactive ketones (excluding diaryl/α,β-unsaturated/α-hetero) is 1. The Hall–Kier alpha value is -2.92. The Balaban J connectivity index is 1.27. The number of carbonyl (C=O) groups excluding carboxylic acids is 2. The average Bonchev–Trinajstić information content (AvgIpc) is 3.02. The number of phenols is 1. The molecule has 176 valence electrons. The van der Waals surface area contributed by atoms with Crippen molar-refractivity contribution in [3.63, 3.8) is 0 Å². The van der Waals surface area contributed by atoms with Crippen molar-refractivity contribution in [3.8, 4) is 16.9 Å². The van der Waals surface area contributed by atoms with Crippen molar-refractivity contribution in [1.82, 2.24) is 5.32 Å². The molecule has 0 bridgehead atoms. The lowest BCUT2D eigenvalue weighted by Crippen LogP contribution is -2.57. The van der Waals surface area contributed by atoms with E-state index >= 15 is 0 Å². The van der Waals surface area contributed by atoms with Gasteiger partial charge >= 0.3 is 0 Å². The highest BCUT2D eigenvalue weighted by atomic mass is 32.1. The Morgan fingerprint density at radius 1 is 1.00 bits per heavy atom. The number of carbonyl (C=O) groups is 2. The third-order valence-corrected chi connectivity index (χ3v) is 8.85. The van der Waals surface area contributed by atoms with E-state index < -0.39 is 0 Å². The first-order valence-electron chi connectivity index (χ1n) is 12.0. The maximum Gasteiger partial charge on any atom is 0.252 e. The van der Waals surface area contributed by atoms with Gasteiger partial charge in [-0.3, -0.25) is 9.59 Å². The van der Waals surface area contributed by atoms with Crippen molar-refractivity contribution < 1.29 is 14.7 Å². The number of nitrogens with one attached hydrogen (secondary N) is 1. The second-order valence-corrected chi connectivity index (χ2v) is 11.7. The monoisotopic (exact) mass is 473 g/mol. The maximum atomic E-state index is 13.3. The van der Waals surface area contributed by atoms with E-state index in [4.69, 9.17) is 0 Å². The molecule has 1 aromatic heterocycles. The van der Waals surface area contributed by atoms with Crippen LogP contribution in [0.15, 0.2) is 48.5 Å². The Bertz CT molecular complexity index is 1240. The molecular weight excluding hydrogens is 442 g/mol. The van der Waals surface area contributed by atoms with Gasteiger partial charge < -0.3 is 10.4 Å². The molecule has 2 N–H and O–H groups in total. The van der Waals surface area contributed by atoms with E-state index in [0.717, 1.165) is 58.4 Å². The van der Waals surface area contributed by atoms with Gasteiger partial charge in [-0.2, -0.15) is 0 Å². The molecule has 2 aliphatic rings. The topological polar surface area (TPSA) is 66.4 Å². The van der Waals surface area contributed by atoms with Crippen LogP contribution in [0, 0.1) is 25.2 Å². The van der Waals surface area contributed by atoms with E-state index in [9.17, 15) is 14.7 Å². The Labute approximate surface area is 205 Å². The normalized spacial score (nSPS) is 23.3. The molecule has 0 radical (unpaired) electrons. The fourth-order valence-corrected chi connectivity index (χ4v) is 6.99. The van der Waals surface area contributed by atoms with E-state index in [1.54, 1.807) is 24.3 Å². The number of benzene rings is 2. The molecule has 2 aliphatic carbocycles. The van der Waals surface area contributed by atoms with Crippen molar-refractivity contribution >= 4 is 23.0 Å². The molecule has 0 atom stereocenters. The van der Waals surface area contributed by atoms with Gasteiger partial charge in [-0.1, -0.05) is 42.5 Å². The van der Waals surface area contributed by atoms with E-state index in [-0.39, 0.29) is 23.6 Å². The Morgan fingerprint density at radius 2 is 1.68 bits per heavy atom. The van der Waals surface area contributed by atoms with Gasteiger partial charge in [0, 0.05) is 27.3 Å². The van der Waals surface area contributed by atoms with Crippen LogP contribution in [0.2, 0.25) is 0 Å². The molecular formula is C29H31NO3S. The van der Waals surface area contributed by atoms with Gasteiger partial charge in [0.15, 0.2) is 0 Å². The number of rotatable bonds is 6. The Morgan fingerprint density at radius 3 is 2.32 bits per heavy atom. The third-order valence-electron chi connectivity index (χ3n) is 7.79. The quantitative estimate of drug-likeness (QED) is 0.448. The number of phenolic OH excluding ortho intramolecular Hbond substituents is 1. The second kappa shape index (κ2) is 8.70. The number of thiophene rings is 1. The maximum absolute atomic E-state index is 13.3. The first-order valence-corrected chi connectivity index (χ1v) is 12.8. The minimum Gasteiger partial charge on any atom is -0.507 e. The molecule has 1 spiro atoms. The molecule has 3 aromatic rings. The van der Waals surface area contributed by atoms with Crippen LogP contribution in [-0.4, -0.2) is 22.8 Å². The number of hydrogen-bond donors (Lipinski definition) is 2. The average molecular weight is 474 g/mol. The second-order valence-electron chi connectivity index (χ2n) is 10.3. The highest BCUT2D eigenvalue weighted by Gasteiger charge is 2.54. The van der Waals surface area contributed by atoms with Crippen LogP contribution in [0.4, 0.5) is 0 Å². The molecule has 5 heteroatoms. The van der Waals surface area contributed by atoms with Gasteiger partial charge in [-0.25, -0.2) is 0 Å². The van der Waals surface area contributed by atoms with Crippen LogP contribution >= 0.6 is 11.3 Å². The lowest BCUT2D eigenvalue weighted by atomic mass is 9.49. The van der Waals surface area contributed by atoms with Crippen LogP contribution < -0.4 is 5.32 Å². The van der Waals surface area contributed by atoms with Crippen molar-refractivity contribution in [1.29, 1.82) is 0 Å². The third kappa shape index (κ3) is 4.18. The number of amides is 1. The first-order chi connectivity index (χ1) is 16.2. The van der Waals surface area contributed by atoms with Crippen LogP contribution in [-0.2, 0) is 11.2 Å².